The molecular weight excluding hydrogens is 440 g/mol. The molecule has 0 bridgehead atoms. The Morgan fingerprint density at radius 2 is 2.03 bits per heavy atom. The number of oxazole rings is 1. The molecule has 2 atom stereocenters. The van der Waals surface area contributed by atoms with Crippen LogP contribution in [0.1, 0.15) is 35.7 Å². The zero-order valence-electron chi connectivity index (χ0n) is 18.5. The van der Waals surface area contributed by atoms with Crippen molar-refractivity contribution in [3.05, 3.63) is 64.9 Å². The molecule has 2 unspecified atom stereocenters. The van der Waals surface area contributed by atoms with E-state index < -0.39 is 0 Å². The molecule has 9 heteroatoms. The van der Waals surface area contributed by atoms with Crippen LogP contribution in [0, 0.1) is 12.8 Å². The Morgan fingerprint density at radius 3 is 2.85 bits per heavy atom. The van der Waals surface area contributed by atoms with Crippen molar-refractivity contribution in [3.63, 3.8) is 0 Å². The number of benzene rings is 2. The zero-order chi connectivity index (χ0) is 22.9. The molecule has 2 aromatic heterocycles. The summed E-state index contributed by atoms with van der Waals surface area (Å²) in [4.78, 5) is 21.7. The molecule has 5 rings (SSSR count). The van der Waals surface area contributed by atoms with Crippen molar-refractivity contribution in [2.24, 2.45) is 5.92 Å². The van der Waals surface area contributed by atoms with E-state index >= 15 is 0 Å². The number of anilines is 1. The minimum atomic E-state index is -0.0232. The average molecular weight is 465 g/mol. The SMILES string of the molecule is Cc1ccc(C(=O)N2CCCC(C)C2CNc2nc3ccc(Cl)cc3o2)c(-n2nccn2)c1. The summed E-state index contributed by atoms with van der Waals surface area (Å²) in [6.45, 7) is 5.40. The van der Waals surface area contributed by atoms with E-state index in [4.69, 9.17) is 16.0 Å². The number of rotatable bonds is 5. The summed E-state index contributed by atoms with van der Waals surface area (Å²) < 4.78 is 5.81. The topological polar surface area (TPSA) is 89.1 Å². The first kappa shape index (κ1) is 21.5. The molecule has 170 valence electrons. The lowest BCUT2D eigenvalue weighted by Crippen LogP contribution is -2.51. The van der Waals surface area contributed by atoms with Gasteiger partial charge in [0.05, 0.1) is 29.7 Å². The standard InChI is InChI=1S/C24H25ClN6O2/c1-15-5-7-18(20(12-15)31-27-9-10-28-31)23(32)30-11-3-4-16(2)21(30)14-26-24-29-19-8-6-17(25)13-22(19)33-24/h5-10,12-13,16,21H,3-4,11,14H2,1-2H3,(H,26,29). The van der Waals surface area contributed by atoms with Crippen molar-refractivity contribution < 1.29 is 9.21 Å². The van der Waals surface area contributed by atoms with Crippen molar-refractivity contribution >= 4 is 34.6 Å². The number of hydrogen-bond acceptors (Lipinski definition) is 6. The molecule has 0 aliphatic carbocycles. The number of nitrogens with one attached hydrogen (secondary N) is 1. The first-order valence-corrected chi connectivity index (χ1v) is 11.5. The van der Waals surface area contributed by atoms with Crippen LogP contribution in [-0.2, 0) is 0 Å². The molecule has 0 saturated carbocycles. The minimum absolute atomic E-state index is 0.00964. The maximum absolute atomic E-state index is 13.7. The predicted octanol–water partition coefficient (Wildman–Crippen LogP) is 4.72. The third kappa shape index (κ3) is 4.30. The molecule has 0 spiro atoms. The number of aromatic nitrogens is 4. The first-order chi connectivity index (χ1) is 16.0. The van der Waals surface area contributed by atoms with Gasteiger partial charge in [-0.1, -0.05) is 24.6 Å². The summed E-state index contributed by atoms with van der Waals surface area (Å²) in [5.74, 6) is 0.302. The number of aryl methyl sites for hydroxylation is 1. The van der Waals surface area contributed by atoms with Crippen molar-refractivity contribution in [2.75, 3.05) is 18.4 Å². The molecule has 1 amide bonds. The van der Waals surface area contributed by atoms with Crippen molar-refractivity contribution in [2.45, 2.75) is 32.7 Å². The van der Waals surface area contributed by atoms with Crippen LogP contribution in [0.2, 0.25) is 5.02 Å². The Balaban J connectivity index is 1.40. The zero-order valence-corrected chi connectivity index (χ0v) is 19.3. The largest absolute Gasteiger partial charge is 0.424 e. The van der Waals surface area contributed by atoms with Gasteiger partial charge in [-0.15, -0.1) is 0 Å². The van der Waals surface area contributed by atoms with E-state index in [0.29, 0.717) is 46.9 Å². The van der Waals surface area contributed by atoms with Crippen LogP contribution in [0.25, 0.3) is 16.8 Å². The second-order valence-electron chi connectivity index (χ2n) is 8.54. The van der Waals surface area contributed by atoms with E-state index in [-0.39, 0.29) is 11.9 Å². The van der Waals surface area contributed by atoms with E-state index in [1.54, 1.807) is 24.5 Å². The fourth-order valence-electron chi connectivity index (χ4n) is 4.46. The van der Waals surface area contributed by atoms with Crippen molar-refractivity contribution in [3.8, 4) is 5.69 Å². The van der Waals surface area contributed by atoms with Gasteiger partial charge < -0.3 is 14.6 Å². The van der Waals surface area contributed by atoms with Crippen LogP contribution >= 0.6 is 11.6 Å². The molecule has 1 aliphatic rings. The van der Waals surface area contributed by atoms with Gasteiger partial charge in [0.15, 0.2) is 5.58 Å². The Hall–Kier alpha value is -3.39. The van der Waals surface area contributed by atoms with Crippen LogP contribution in [0.5, 0.6) is 0 Å². The minimum Gasteiger partial charge on any atom is -0.424 e. The molecule has 1 N–H and O–H groups in total. The molecule has 2 aromatic carbocycles. The van der Waals surface area contributed by atoms with E-state index in [0.717, 1.165) is 23.9 Å². The van der Waals surface area contributed by atoms with Gasteiger partial charge in [-0.25, -0.2) is 0 Å². The quantitative estimate of drug-likeness (QED) is 0.459. The lowest BCUT2D eigenvalue weighted by Gasteiger charge is -2.40. The number of likely N-dealkylation sites (tertiary alicyclic amines) is 1. The van der Waals surface area contributed by atoms with Crippen LogP contribution in [-0.4, -0.2) is 49.9 Å². The fourth-order valence-corrected chi connectivity index (χ4v) is 4.62. The highest BCUT2D eigenvalue weighted by Crippen LogP contribution is 2.28. The molecule has 33 heavy (non-hydrogen) atoms. The number of amides is 1. The molecule has 1 aliphatic heterocycles. The van der Waals surface area contributed by atoms with E-state index in [9.17, 15) is 4.79 Å². The maximum Gasteiger partial charge on any atom is 0.295 e. The highest BCUT2D eigenvalue weighted by molar-refractivity contribution is 6.31. The van der Waals surface area contributed by atoms with Crippen LogP contribution in [0.4, 0.5) is 6.01 Å². The number of fused-ring (bicyclic) bond motifs is 1. The van der Waals surface area contributed by atoms with E-state index in [2.05, 4.69) is 27.4 Å². The number of halogens is 1. The molecule has 1 saturated heterocycles. The predicted molar refractivity (Wildman–Crippen MR) is 127 cm³/mol. The van der Waals surface area contributed by atoms with Crippen LogP contribution in [0.15, 0.2) is 53.2 Å². The summed E-state index contributed by atoms with van der Waals surface area (Å²) >= 11 is 6.05. The molecular formula is C24H25ClN6O2. The number of carbonyl (C=O) groups is 1. The summed E-state index contributed by atoms with van der Waals surface area (Å²) in [7, 11) is 0. The molecule has 3 heterocycles. The van der Waals surface area contributed by atoms with Gasteiger partial charge in [0.2, 0.25) is 0 Å². The number of hydrogen-bond donors (Lipinski definition) is 1. The van der Waals surface area contributed by atoms with Gasteiger partial charge in [-0.05, 0) is 55.5 Å². The van der Waals surface area contributed by atoms with Gasteiger partial charge in [0.25, 0.3) is 11.9 Å². The fraction of sp³-hybridized carbons (Fsp3) is 0.333. The molecule has 4 aromatic rings. The maximum atomic E-state index is 13.7. The Labute approximate surface area is 196 Å². The second-order valence-corrected chi connectivity index (χ2v) is 8.97. The number of piperidine rings is 1. The first-order valence-electron chi connectivity index (χ1n) is 11.1. The van der Waals surface area contributed by atoms with E-state index in [1.807, 2.05) is 36.1 Å². The van der Waals surface area contributed by atoms with Gasteiger partial charge in [0.1, 0.15) is 5.52 Å². The Bertz CT molecular complexity index is 1290. The lowest BCUT2D eigenvalue weighted by atomic mass is 9.90. The number of nitrogens with zero attached hydrogens (tertiary/aromatic N) is 5. The lowest BCUT2D eigenvalue weighted by molar-refractivity contribution is 0.0539. The van der Waals surface area contributed by atoms with Crippen LogP contribution in [0.3, 0.4) is 0 Å². The summed E-state index contributed by atoms with van der Waals surface area (Å²) in [6.07, 6.45) is 5.24. The second kappa shape index (κ2) is 8.86. The summed E-state index contributed by atoms with van der Waals surface area (Å²) in [6, 6.07) is 11.5. The van der Waals surface area contributed by atoms with Gasteiger partial charge in [0, 0.05) is 24.2 Å². The Morgan fingerprint density at radius 1 is 1.21 bits per heavy atom. The molecule has 1 fully saturated rings. The van der Waals surface area contributed by atoms with E-state index in [1.165, 1.54) is 4.80 Å². The molecule has 8 nitrogen and oxygen atoms in total. The smallest absolute Gasteiger partial charge is 0.295 e. The average Bonchev–Trinajstić information content (AvgIpc) is 3.47. The summed E-state index contributed by atoms with van der Waals surface area (Å²) in [5, 5.41) is 12.4. The monoisotopic (exact) mass is 464 g/mol. The highest BCUT2D eigenvalue weighted by atomic mass is 35.5. The van der Waals surface area contributed by atoms with Crippen LogP contribution < -0.4 is 5.32 Å². The normalized spacial score (nSPS) is 18.6. The van der Waals surface area contributed by atoms with Gasteiger partial charge in [-0.3, -0.25) is 4.79 Å². The van der Waals surface area contributed by atoms with Crippen molar-refractivity contribution in [1.29, 1.82) is 0 Å². The highest BCUT2D eigenvalue weighted by Gasteiger charge is 2.33. The Kier molecular flexibility index (Phi) is 5.76. The number of carbonyl (C=O) groups excluding carboxylic acids is 1. The third-order valence-corrected chi connectivity index (χ3v) is 6.44. The third-order valence-electron chi connectivity index (χ3n) is 6.21. The molecule has 0 radical (unpaired) electrons. The summed E-state index contributed by atoms with van der Waals surface area (Å²) in [5.41, 5.74) is 3.69. The van der Waals surface area contributed by atoms with Gasteiger partial charge >= 0.3 is 0 Å². The van der Waals surface area contributed by atoms with Gasteiger partial charge in [-0.2, -0.15) is 20.0 Å². The van der Waals surface area contributed by atoms with Crippen molar-refractivity contribution in [1.82, 2.24) is 24.9 Å².